The molecule has 0 saturated heterocycles. The molecular weight excluding hydrogens is 781 g/mol. The molecule has 1 unspecified atom stereocenters. The first-order chi connectivity index (χ1) is 21.1. The zero-order chi connectivity index (χ0) is 31.5. The second-order valence-corrected chi connectivity index (χ2v) is 19.3. The van der Waals surface area contributed by atoms with Crippen molar-refractivity contribution in [2.75, 3.05) is 83.7 Å². The van der Waals surface area contributed by atoms with Crippen LogP contribution in [0.3, 0.4) is 0 Å². The fourth-order valence-electron chi connectivity index (χ4n) is 1.66. The first kappa shape index (κ1) is 44.2. The van der Waals surface area contributed by atoms with Crippen molar-refractivity contribution in [3.05, 3.63) is 0 Å². The van der Waals surface area contributed by atoms with Crippen molar-refractivity contribution in [2.45, 2.75) is 0 Å². The molecule has 0 aliphatic carbocycles. The molecule has 0 spiro atoms. The number of alkyl carbamates (subject to hydrolysis) is 2. The van der Waals surface area contributed by atoms with Crippen LogP contribution in [0.15, 0.2) is 9.98 Å². The number of ether oxygens (including phenoxy) is 2. The average molecular weight is 817 g/mol. The molecule has 0 rings (SSSR count). The second-order valence-electron chi connectivity index (χ2n) is 6.29. The van der Waals surface area contributed by atoms with E-state index in [2.05, 4.69) is 20.6 Å². The van der Waals surface area contributed by atoms with E-state index < -0.39 is 23.0 Å². The normalized spacial score (nSPS) is 12.0. The summed E-state index contributed by atoms with van der Waals surface area (Å²) in [6.07, 6.45) is 0.279. The smallest absolute Gasteiger partial charge is 0.408 e. The Morgan fingerprint density at radius 3 is 1.77 bits per heavy atom. The van der Waals surface area contributed by atoms with Crippen molar-refractivity contribution in [2.24, 2.45) is 9.98 Å². The third-order valence-electron chi connectivity index (χ3n) is 3.24. The minimum atomic E-state index is -1.18. The van der Waals surface area contributed by atoms with Crippen molar-refractivity contribution in [1.29, 1.82) is 0 Å². The molecule has 0 saturated carbocycles. The van der Waals surface area contributed by atoms with Gasteiger partial charge in [-0.15, -0.1) is 118 Å². The second kappa shape index (κ2) is 37.7. The van der Waals surface area contributed by atoms with Crippen LogP contribution in [-0.4, -0.2) is 122 Å². The van der Waals surface area contributed by atoms with Crippen molar-refractivity contribution in [3.8, 4) is 0 Å². The Bertz CT molecular complexity index is 752. The van der Waals surface area contributed by atoms with Gasteiger partial charge in [-0.05, 0) is 0 Å². The zero-order valence-electron chi connectivity index (χ0n) is 22.9. The van der Waals surface area contributed by atoms with Gasteiger partial charge in [0.05, 0.1) is 56.8 Å². The van der Waals surface area contributed by atoms with E-state index in [-0.39, 0.29) is 23.8 Å². The number of aliphatic imine (C=N–C) groups is 2. The number of rotatable bonds is 31. The molecule has 1 atom stereocenters. The van der Waals surface area contributed by atoms with Crippen LogP contribution in [0.4, 0.5) is 9.59 Å². The van der Waals surface area contributed by atoms with E-state index in [4.69, 9.17) is 29.5 Å². The summed E-state index contributed by atoms with van der Waals surface area (Å²) in [6.45, 7) is 0. The Morgan fingerprint density at radius 2 is 1.19 bits per heavy atom. The number of nitrogens with one attached hydrogen (secondary N) is 2. The van der Waals surface area contributed by atoms with Crippen molar-refractivity contribution in [3.63, 3.8) is 0 Å². The SMILES string of the molecule is O=C(NCSCSCN=CS(=O)CSCSCOC(=O)NCSCSCN=COOCSCSCO)OCSCSCO. The number of hydrogen-bond donors (Lipinski definition) is 4. The van der Waals surface area contributed by atoms with Crippen molar-refractivity contribution in [1.82, 2.24) is 10.6 Å². The molecule has 0 aliphatic heterocycles. The lowest BCUT2D eigenvalue weighted by atomic mass is 11.1. The lowest BCUT2D eigenvalue weighted by molar-refractivity contribution is -0.196. The van der Waals surface area contributed by atoms with E-state index in [9.17, 15) is 13.8 Å². The Kier molecular flexibility index (Phi) is 38.7. The number of hydrogen-bond acceptors (Lipinski definition) is 21. The summed E-state index contributed by atoms with van der Waals surface area (Å²) in [5.41, 5.74) is 1.44. The van der Waals surface area contributed by atoms with Gasteiger partial charge in [0.15, 0.2) is 0 Å². The van der Waals surface area contributed by atoms with Gasteiger partial charge in [-0.25, -0.2) is 14.6 Å². The van der Waals surface area contributed by atoms with E-state index in [0.717, 1.165) is 15.3 Å². The Hall–Kier alpha value is 1.21. The van der Waals surface area contributed by atoms with Crippen LogP contribution in [0, 0.1) is 0 Å². The van der Waals surface area contributed by atoms with Gasteiger partial charge in [0.25, 0.3) is 0 Å². The minimum Gasteiger partial charge on any atom is -0.438 e. The number of amides is 2. The molecule has 0 fully saturated rings. The van der Waals surface area contributed by atoms with Gasteiger partial charge >= 0.3 is 12.2 Å². The molecule has 0 aromatic heterocycles. The number of carbonyl (C=O) groups excluding carboxylic acids is 2. The predicted molar refractivity (Wildman–Crippen MR) is 200 cm³/mol. The molecule has 4 N–H and O–H groups in total. The molecule has 0 aromatic carbocycles. The van der Waals surface area contributed by atoms with E-state index in [0.29, 0.717) is 44.7 Å². The Balaban J connectivity index is 3.42. The molecule has 43 heavy (non-hydrogen) atoms. The minimum absolute atomic E-state index is 0.0489. The highest BCUT2D eigenvalue weighted by Gasteiger charge is 2.03. The molecule has 0 aliphatic rings. The van der Waals surface area contributed by atoms with Crippen LogP contribution in [-0.2, 0) is 30.0 Å². The number of nitrogens with zero attached hydrogens (tertiary/aromatic N) is 2. The van der Waals surface area contributed by atoms with E-state index in [1.165, 1.54) is 106 Å². The fraction of sp³-hybridized carbons (Fsp3) is 0.789. The molecule has 0 bridgehead atoms. The first-order valence-electron chi connectivity index (χ1n) is 11.5. The van der Waals surface area contributed by atoms with Crippen molar-refractivity contribution >= 4 is 153 Å². The number of carbonyl (C=O) groups is 2. The number of aliphatic hydroxyl groups excluding tert-OH is 2. The van der Waals surface area contributed by atoms with E-state index in [1.54, 1.807) is 23.5 Å². The third-order valence-corrected chi connectivity index (χ3v) is 14.4. The van der Waals surface area contributed by atoms with Gasteiger partial charge in [-0.3, -0.25) is 9.20 Å². The van der Waals surface area contributed by atoms with Gasteiger partial charge in [0, 0.05) is 25.4 Å². The lowest BCUT2D eigenvalue weighted by Crippen LogP contribution is -2.23. The summed E-state index contributed by atoms with van der Waals surface area (Å²) in [4.78, 5) is 41.0. The van der Waals surface area contributed by atoms with Crippen LogP contribution in [0.25, 0.3) is 0 Å². The van der Waals surface area contributed by atoms with E-state index >= 15 is 0 Å². The fourth-order valence-corrected chi connectivity index (χ4v) is 10.1. The standard InChI is InChI=1S/C19H36N4O9S11/c24-7-37-14-39-9-29-18(26)23-5-36-13-34-3-21-6-43(28)17-42-16-40-10-30-19(27)22-4-35-12-33-2-20-1-31-32-11-41-15-38-8-25/h1,6,24-25H,2-5,7-17H2,(H,22,27)(H,23,26). The Labute approximate surface area is 297 Å². The highest BCUT2D eigenvalue weighted by molar-refractivity contribution is 8.22. The summed E-state index contributed by atoms with van der Waals surface area (Å²) >= 11 is 14.7. The van der Waals surface area contributed by atoms with Crippen LogP contribution in [0.5, 0.6) is 0 Å². The van der Waals surface area contributed by atoms with Crippen LogP contribution in [0.2, 0.25) is 0 Å². The molecule has 0 radical (unpaired) electrons. The predicted octanol–water partition coefficient (Wildman–Crippen LogP) is 4.87. The summed E-state index contributed by atoms with van der Waals surface area (Å²) in [5.74, 6) is 2.77. The lowest BCUT2D eigenvalue weighted by Gasteiger charge is -2.06. The summed E-state index contributed by atoms with van der Waals surface area (Å²) in [7, 11) is -1.18. The molecular formula is C19H36N4O9S11. The number of thioether (sulfide) groups is 10. The highest BCUT2D eigenvalue weighted by atomic mass is 32.2. The molecule has 0 heterocycles. The average Bonchev–Trinajstić information content (AvgIpc) is 3.00. The van der Waals surface area contributed by atoms with Crippen molar-refractivity contribution < 1.29 is 43.3 Å². The summed E-state index contributed by atoms with van der Waals surface area (Å²) < 4.78 is 22.0. The van der Waals surface area contributed by atoms with E-state index in [1.807, 2.05) is 0 Å². The molecule has 13 nitrogen and oxygen atoms in total. The largest absolute Gasteiger partial charge is 0.438 e. The zero-order valence-corrected chi connectivity index (χ0v) is 31.9. The summed E-state index contributed by atoms with van der Waals surface area (Å²) in [6, 6.07) is 0. The summed E-state index contributed by atoms with van der Waals surface area (Å²) in [5, 5.41) is 26.4. The topological polar surface area (TPSA) is 177 Å². The highest BCUT2D eigenvalue weighted by Crippen LogP contribution is 2.15. The number of aliphatic hydroxyl groups is 2. The molecule has 24 heteroatoms. The monoisotopic (exact) mass is 816 g/mol. The first-order valence-corrected chi connectivity index (χ1v) is 24.5. The van der Waals surface area contributed by atoms with Gasteiger partial charge in [0.1, 0.15) is 17.8 Å². The maximum Gasteiger partial charge on any atom is 0.408 e. The molecule has 2 amide bonds. The third kappa shape index (κ3) is 37.5. The Morgan fingerprint density at radius 1 is 0.674 bits per heavy atom. The van der Waals surface area contributed by atoms with Gasteiger partial charge in [-0.2, -0.15) is 4.89 Å². The van der Waals surface area contributed by atoms with Gasteiger partial charge in [0.2, 0.25) is 6.40 Å². The van der Waals surface area contributed by atoms with Crippen LogP contribution >= 0.6 is 118 Å². The van der Waals surface area contributed by atoms with Crippen LogP contribution < -0.4 is 10.6 Å². The van der Waals surface area contributed by atoms with Crippen LogP contribution in [0.1, 0.15) is 0 Å². The maximum atomic E-state index is 12.0. The molecule has 0 aromatic rings. The van der Waals surface area contributed by atoms with Gasteiger partial charge < -0.3 is 35.2 Å². The molecule has 252 valence electrons. The van der Waals surface area contributed by atoms with Gasteiger partial charge in [-0.1, -0.05) is 0 Å². The quantitative estimate of drug-likeness (QED) is 0.0186. The maximum absolute atomic E-state index is 12.0.